The maximum Gasteiger partial charge on any atom is 0.225 e. The van der Waals surface area contributed by atoms with E-state index in [1.807, 2.05) is 12.4 Å². The van der Waals surface area contributed by atoms with Gasteiger partial charge in [-0.25, -0.2) is 9.97 Å². The zero-order valence-electron chi connectivity index (χ0n) is 11.0. The van der Waals surface area contributed by atoms with Gasteiger partial charge in [0.2, 0.25) is 5.95 Å². The number of rotatable bonds is 6. The summed E-state index contributed by atoms with van der Waals surface area (Å²) in [6.07, 6.45) is 7.14. The summed E-state index contributed by atoms with van der Waals surface area (Å²) in [7, 11) is 0. The molecule has 0 saturated carbocycles. The van der Waals surface area contributed by atoms with Crippen LogP contribution >= 0.6 is 0 Å². The Morgan fingerprint density at radius 3 is 2.56 bits per heavy atom. The summed E-state index contributed by atoms with van der Waals surface area (Å²) in [4.78, 5) is 11.0. The van der Waals surface area contributed by atoms with Crippen LogP contribution in [0.2, 0.25) is 0 Å². The summed E-state index contributed by atoms with van der Waals surface area (Å²) in [5.74, 6) is 0.838. The van der Waals surface area contributed by atoms with Gasteiger partial charge in [0, 0.05) is 43.6 Å². The third-order valence-corrected chi connectivity index (χ3v) is 3.39. The molecular formula is C13H22N4O. The van der Waals surface area contributed by atoms with E-state index in [1.165, 1.54) is 12.8 Å². The van der Waals surface area contributed by atoms with Crippen molar-refractivity contribution in [3.8, 4) is 0 Å². The minimum atomic E-state index is 0.156. The van der Waals surface area contributed by atoms with Crippen LogP contribution in [0.3, 0.4) is 0 Å². The Labute approximate surface area is 108 Å². The Hall–Kier alpha value is -1.20. The number of nitrogens with one attached hydrogen (secondary N) is 1. The van der Waals surface area contributed by atoms with Crippen molar-refractivity contribution < 1.29 is 5.11 Å². The minimum Gasteiger partial charge on any atom is -0.395 e. The molecule has 1 saturated heterocycles. The number of aromatic nitrogens is 2. The minimum absolute atomic E-state index is 0.156. The summed E-state index contributed by atoms with van der Waals surface area (Å²) in [6.45, 7) is 5.07. The zero-order chi connectivity index (χ0) is 12.8. The molecule has 0 radical (unpaired) electrons. The quantitative estimate of drug-likeness (QED) is 0.786. The largest absolute Gasteiger partial charge is 0.395 e. The maximum atomic E-state index is 9.09. The van der Waals surface area contributed by atoms with E-state index in [9.17, 15) is 0 Å². The number of aliphatic hydroxyl groups is 1. The van der Waals surface area contributed by atoms with E-state index in [4.69, 9.17) is 5.11 Å². The van der Waals surface area contributed by atoms with Crippen molar-refractivity contribution in [2.24, 2.45) is 0 Å². The predicted octanol–water partition coefficient (Wildman–Crippen LogP) is 0.937. The van der Waals surface area contributed by atoms with Crippen molar-refractivity contribution in [3.05, 3.63) is 18.0 Å². The molecule has 1 aliphatic rings. The monoisotopic (exact) mass is 250 g/mol. The van der Waals surface area contributed by atoms with Gasteiger partial charge in [0.25, 0.3) is 0 Å². The van der Waals surface area contributed by atoms with Crippen LogP contribution in [0.5, 0.6) is 0 Å². The first-order chi connectivity index (χ1) is 8.83. The third kappa shape index (κ3) is 3.40. The predicted molar refractivity (Wildman–Crippen MR) is 71.5 cm³/mol. The van der Waals surface area contributed by atoms with Crippen LogP contribution in [0.25, 0.3) is 0 Å². The summed E-state index contributed by atoms with van der Waals surface area (Å²) < 4.78 is 0. The van der Waals surface area contributed by atoms with Crippen molar-refractivity contribution in [3.63, 3.8) is 0 Å². The summed E-state index contributed by atoms with van der Waals surface area (Å²) in [5.41, 5.74) is 1.06. The van der Waals surface area contributed by atoms with Crippen LogP contribution in [0.1, 0.15) is 31.7 Å². The number of nitrogens with zero attached hydrogens (tertiary/aromatic N) is 3. The number of hydrogen-bond acceptors (Lipinski definition) is 5. The lowest BCUT2D eigenvalue weighted by atomic mass is 10.2. The molecule has 1 unspecified atom stereocenters. The highest BCUT2D eigenvalue weighted by molar-refractivity contribution is 5.30. The second kappa shape index (κ2) is 6.66. The number of hydrogen-bond donors (Lipinski definition) is 2. The molecule has 0 spiro atoms. The van der Waals surface area contributed by atoms with Gasteiger partial charge >= 0.3 is 0 Å². The molecule has 18 heavy (non-hydrogen) atoms. The van der Waals surface area contributed by atoms with Crippen molar-refractivity contribution in [2.75, 3.05) is 24.6 Å². The van der Waals surface area contributed by atoms with Gasteiger partial charge in [-0.15, -0.1) is 0 Å². The van der Waals surface area contributed by atoms with Crippen LogP contribution in [-0.4, -0.2) is 40.8 Å². The van der Waals surface area contributed by atoms with E-state index in [0.29, 0.717) is 6.54 Å². The molecule has 0 aliphatic carbocycles. The second-order valence-corrected chi connectivity index (χ2v) is 4.75. The van der Waals surface area contributed by atoms with E-state index in [1.54, 1.807) is 0 Å². The highest BCUT2D eigenvalue weighted by Gasteiger charge is 2.14. The molecule has 1 aromatic heterocycles. The standard InChI is InChI=1S/C13H22N4O/c1-2-12(10-18)14-7-11-8-15-13(16-9-11)17-5-3-4-6-17/h8-9,12,14,18H,2-7,10H2,1H3. The molecular weight excluding hydrogens is 228 g/mol. The fraction of sp³-hybridized carbons (Fsp3) is 0.692. The molecule has 2 rings (SSSR count). The van der Waals surface area contributed by atoms with Gasteiger partial charge in [-0.05, 0) is 19.3 Å². The Morgan fingerprint density at radius 1 is 1.33 bits per heavy atom. The first-order valence-electron chi connectivity index (χ1n) is 6.73. The Morgan fingerprint density at radius 2 is 2.00 bits per heavy atom. The fourth-order valence-corrected chi connectivity index (χ4v) is 2.12. The van der Waals surface area contributed by atoms with E-state index < -0.39 is 0 Å². The van der Waals surface area contributed by atoms with Crippen LogP contribution in [0.4, 0.5) is 5.95 Å². The Bertz CT molecular complexity index is 345. The first kappa shape index (κ1) is 13.2. The van der Waals surface area contributed by atoms with Crippen molar-refractivity contribution in [1.29, 1.82) is 0 Å². The molecule has 1 atom stereocenters. The molecule has 1 fully saturated rings. The highest BCUT2D eigenvalue weighted by atomic mass is 16.3. The van der Waals surface area contributed by atoms with Crippen molar-refractivity contribution in [1.82, 2.24) is 15.3 Å². The van der Waals surface area contributed by atoms with Gasteiger partial charge in [0.1, 0.15) is 0 Å². The molecule has 5 heteroatoms. The van der Waals surface area contributed by atoms with Crippen LogP contribution in [-0.2, 0) is 6.54 Å². The van der Waals surface area contributed by atoms with E-state index in [2.05, 4.69) is 27.1 Å². The molecule has 0 amide bonds. The molecule has 100 valence electrons. The number of anilines is 1. The molecule has 1 aromatic rings. The lowest BCUT2D eigenvalue weighted by Crippen LogP contribution is -2.31. The third-order valence-electron chi connectivity index (χ3n) is 3.39. The fourth-order valence-electron chi connectivity index (χ4n) is 2.12. The van der Waals surface area contributed by atoms with Gasteiger partial charge in [0.05, 0.1) is 6.61 Å². The summed E-state index contributed by atoms with van der Waals surface area (Å²) in [6, 6.07) is 0.156. The SMILES string of the molecule is CCC(CO)NCc1cnc(N2CCCC2)nc1. The molecule has 0 bridgehead atoms. The molecule has 2 heterocycles. The van der Waals surface area contributed by atoms with Gasteiger partial charge < -0.3 is 15.3 Å². The molecule has 0 aromatic carbocycles. The van der Waals surface area contributed by atoms with E-state index in [-0.39, 0.29) is 12.6 Å². The van der Waals surface area contributed by atoms with Gasteiger partial charge in [-0.1, -0.05) is 6.92 Å². The smallest absolute Gasteiger partial charge is 0.225 e. The lowest BCUT2D eigenvalue weighted by molar-refractivity contribution is 0.238. The first-order valence-corrected chi connectivity index (χ1v) is 6.73. The van der Waals surface area contributed by atoms with E-state index >= 15 is 0 Å². The molecule has 1 aliphatic heterocycles. The van der Waals surface area contributed by atoms with Crippen molar-refractivity contribution in [2.45, 2.75) is 38.8 Å². The Balaban J connectivity index is 1.87. The van der Waals surface area contributed by atoms with E-state index in [0.717, 1.165) is 31.0 Å². The Kier molecular flexibility index (Phi) is 4.90. The van der Waals surface area contributed by atoms with Crippen LogP contribution < -0.4 is 10.2 Å². The molecule has 5 nitrogen and oxygen atoms in total. The summed E-state index contributed by atoms with van der Waals surface area (Å²) >= 11 is 0. The van der Waals surface area contributed by atoms with Crippen molar-refractivity contribution >= 4 is 5.95 Å². The topological polar surface area (TPSA) is 61.3 Å². The lowest BCUT2D eigenvalue weighted by Gasteiger charge is -2.16. The molecule has 2 N–H and O–H groups in total. The second-order valence-electron chi connectivity index (χ2n) is 4.75. The summed E-state index contributed by atoms with van der Waals surface area (Å²) in [5, 5.41) is 12.4. The number of aliphatic hydroxyl groups excluding tert-OH is 1. The maximum absolute atomic E-state index is 9.09. The highest BCUT2D eigenvalue weighted by Crippen LogP contribution is 2.14. The average Bonchev–Trinajstić information content (AvgIpc) is 2.94. The zero-order valence-corrected chi connectivity index (χ0v) is 11.0. The normalized spacial score (nSPS) is 17.1. The van der Waals surface area contributed by atoms with Gasteiger partial charge in [-0.3, -0.25) is 0 Å². The average molecular weight is 250 g/mol. The van der Waals surface area contributed by atoms with Gasteiger partial charge in [0.15, 0.2) is 0 Å². The van der Waals surface area contributed by atoms with Crippen LogP contribution in [0.15, 0.2) is 12.4 Å². The van der Waals surface area contributed by atoms with Crippen LogP contribution in [0, 0.1) is 0 Å². The van der Waals surface area contributed by atoms with Gasteiger partial charge in [-0.2, -0.15) is 0 Å².